The number of amides is 5. The Morgan fingerprint density at radius 3 is 1.56 bits per heavy atom. The molecule has 2 aliphatic heterocycles. The number of hydrogen-bond donors (Lipinski definition) is 6. The molecule has 2 unspecified atom stereocenters. The smallest absolute Gasteiger partial charge is 0.315 e. The van der Waals surface area contributed by atoms with Crippen LogP contribution >= 0.6 is 24.0 Å². The highest BCUT2D eigenvalue weighted by Gasteiger charge is 2.33. The third-order valence-corrected chi connectivity index (χ3v) is 8.05. The lowest BCUT2D eigenvalue weighted by molar-refractivity contribution is 0.101. The van der Waals surface area contributed by atoms with Crippen LogP contribution in [-0.2, 0) is 0 Å². The molecule has 0 aromatic heterocycles. The molecule has 0 fully saturated rings. The van der Waals surface area contributed by atoms with Crippen LogP contribution in [0, 0.1) is 37.1 Å². The average Bonchev–Trinajstić information content (AvgIpc) is 3.73. The summed E-state index contributed by atoms with van der Waals surface area (Å²) in [7, 11) is 2.91. The van der Waals surface area contributed by atoms with Gasteiger partial charge in [0.2, 0.25) is 0 Å². The number of carbonyl (C=O) groups excluding carboxylic acids is 4. The van der Waals surface area contributed by atoms with Gasteiger partial charge < -0.3 is 41.8 Å². The Bertz CT molecular complexity index is 2060. The monoisotopic (exact) mass is 794 g/mol. The Morgan fingerprint density at radius 1 is 0.685 bits per heavy atom. The molecule has 0 radical (unpaired) electrons. The SMILES string of the molecule is CNC(=O)Cl.CNC(=O)NC1COc2c(C(=O)Nc3ccc(F)c(C)c3)ccc(F)c21.Cc1cc(NC(=O)c2ccc(F)c3c2OCC3N)ccc1F.Cl. The first-order valence-corrected chi connectivity index (χ1v) is 16.2. The van der Waals surface area contributed by atoms with Gasteiger partial charge in [-0.15, -0.1) is 12.4 Å². The van der Waals surface area contributed by atoms with Crippen LogP contribution in [0.3, 0.4) is 0 Å². The minimum atomic E-state index is -0.703. The number of anilines is 2. The Balaban J connectivity index is 0.000000256. The molecule has 12 nitrogen and oxygen atoms in total. The maximum atomic E-state index is 14.2. The average molecular weight is 796 g/mol. The number of fused-ring (bicyclic) bond motifs is 2. The number of nitrogens with one attached hydrogen (secondary N) is 5. The molecule has 0 saturated carbocycles. The van der Waals surface area contributed by atoms with Crippen molar-refractivity contribution in [2.75, 3.05) is 37.9 Å². The molecule has 0 aliphatic carbocycles. The van der Waals surface area contributed by atoms with Crippen molar-refractivity contribution in [3.63, 3.8) is 0 Å². The summed E-state index contributed by atoms with van der Waals surface area (Å²) in [4.78, 5) is 45.9. The van der Waals surface area contributed by atoms with Crippen LogP contribution in [-0.4, -0.2) is 50.5 Å². The molecule has 4 aromatic carbocycles. The highest BCUT2D eigenvalue weighted by atomic mass is 35.5. The zero-order chi connectivity index (χ0) is 39.0. The van der Waals surface area contributed by atoms with E-state index >= 15 is 0 Å². The van der Waals surface area contributed by atoms with Gasteiger partial charge in [-0.1, -0.05) is 0 Å². The highest BCUT2D eigenvalue weighted by Crippen LogP contribution is 2.38. The van der Waals surface area contributed by atoms with Gasteiger partial charge in [0.15, 0.2) is 0 Å². The van der Waals surface area contributed by atoms with E-state index in [9.17, 15) is 36.7 Å². The summed E-state index contributed by atoms with van der Waals surface area (Å²) in [5.74, 6) is -2.52. The van der Waals surface area contributed by atoms with Crippen LogP contribution in [0.25, 0.3) is 0 Å². The van der Waals surface area contributed by atoms with Crippen LogP contribution in [0.5, 0.6) is 11.5 Å². The third kappa shape index (κ3) is 10.3. The number of hydrogen-bond acceptors (Lipinski definition) is 7. The molecular weight excluding hydrogens is 759 g/mol. The molecule has 7 N–H and O–H groups in total. The first kappa shape index (κ1) is 42.8. The summed E-state index contributed by atoms with van der Waals surface area (Å²) in [5, 5.41) is 11.9. The summed E-state index contributed by atoms with van der Waals surface area (Å²) in [5.41, 5.74) is 8.09. The number of nitrogens with two attached hydrogens (primary N) is 1. The molecule has 2 heterocycles. The zero-order valence-corrected chi connectivity index (χ0v) is 30.7. The fourth-order valence-corrected chi connectivity index (χ4v) is 5.18. The molecule has 5 amide bonds. The van der Waals surface area contributed by atoms with E-state index in [4.69, 9.17) is 26.8 Å². The van der Waals surface area contributed by atoms with Gasteiger partial charge in [0.1, 0.15) is 48.0 Å². The lowest BCUT2D eigenvalue weighted by atomic mass is 10.0. The van der Waals surface area contributed by atoms with E-state index in [1.807, 2.05) is 0 Å². The lowest BCUT2D eigenvalue weighted by Crippen LogP contribution is -2.36. The molecule has 54 heavy (non-hydrogen) atoms. The van der Waals surface area contributed by atoms with Crippen LogP contribution in [0.15, 0.2) is 60.7 Å². The molecule has 2 aliphatic rings. The van der Waals surface area contributed by atoms with E-state index in [0.717, 1.165) is 6.07 Å². The van der Waals surface area contributed by atoms with Gasteiger partial charge in [-0.2, -0.15) is 0 Å². The van der Waals surface area contributed by atoms with Gasteiger partial charge >= 0.3 is 11.4 Å². The number of urea groups is 1. The van der Waals surface area contributed by atoms with E-state index < -0.39 is 46.9 Å². The molecule has 0 saturated heterocycles. The zero-order valence-electron chi connectivity index (χ0n) is 29.2. The summed E-state index contributed by atoms with van der Waals surface area (Å²) in [6.45, 7) is 3.33. The van der Waals surface area contributed by atoms with Gasteiger partial charge in [-0.05, 0) is 97.2 Å². The van der Waals surface area contributed by atoms with E-state index in [1.54, 1.807) is 13.8 Å². The van der Waals surface area contributed by atoms with E-state index in [1.165, 1.54) is 68.7 Å². The molecule has 18 heteroatoms. The van der Waals surface area contributed by atoms with Gasteiger partial charge in [-0.3, -0.25) is 14.4 Å². The van der Waals surface area contributed by atoms with Gasteiger partial charge in [0.05, 0.1) is 34.3 Å². The Hall–Kier alpha value is -5.58. The second kappa shape index (κ2) is 19.0. The summed E-state index contributed by atoms with van der Waals surface area (Å²) < 4.78 is 65.4. The number of ether oxygens (including phenoxy) is 2. The van der Waals surface area contributed by atoms with Crippen molar-refractivity contribution in [2.45, 2.75) is 25.9 Å². The Labute approximate surface area is 318 Å². The predicted molar refractivity (Wildman–Crippen MR) is 197 cm³/mol. The standard InChI is InChI=1S/C18H17F2N3O3.C16H14F2N2O2.C2H4ClNO.ClH/c1-9-7-10(3-5-12(9)19)22-17(24)11-4-6-13(20)15-14(8-26-16(11)15)23-18(25)21-2;1-8-6-9(2-4-11(8)17)20-16(21)10-3-5-12(18)14-13(19)7-22-15(10)14;1-4-2(3)5;/h3-7,14H,8H2,1-2H3,(H,22,24)(H2,21,23,25);2-6,13H,7,19H2,1H3,(H,20,21);1H3,(H,4,5);1H. The summed E-state index contributed by atoms with van der Waals surface area (Å²) >= 11 is 4.71. The van der Waals surface area contributed by atoms with Crippen LogP contribution in [0.4, 0.5) is 38.5 Å². The molecule has 0 spiro atoms. The van der Waals surface area contributed by atoms with Crippen molar-refractivity contribution in [3.8, 4) is 11.5 Å². The van der Waals surface area contributed by atoms with Crippen molar-refractivity contribution in [1.82, 2.24) is 16.0 Å². The van der Waals surface area contributed by atoms with Crippen molar-refractivity contribution >= 4 is 58.6 Å². The molecule has 0 bridgehead atoms. The van der Waals surface area contributed by atoms with Crippen LogP contribution < -0.4 is 41.8 Å². The molecule has 2 atom stereocenters. The van der Waals surface area contributed by atoms with Crippen molar-refractivity contribution < 1.29 is 46.2 Å². The van der Waals surface area contributed by atoms with Crippen molar-refractivity contribution in [2.24, 2.45) is 5.73 Å². The van der Waals surface area contributed by atoms with Crippen LogP contribution in [0.1, 0.15) is 55.1 Å². The first-order chi connectivity index (χ1) is 25.1. The van der Waals surface area contributed by atoms with Crippen LogP contribution in [0.2, 0.25) is 0 Å². The van der Waals surface area contributed by atoms with E-state index in [2.05, 4.69) is 26.6 Å². The maximum absolute atomic E-state index is 14.2. The number of rotatable bonds is 5. The Morgan fingerprint density at radius 2 is 1.11 bits per heavy atom. The summed E-state index contributed by atoms with van der Waals surface area (Å²) in [6.07, 6.45) is 0. The fourth-order valence-electron chi connectivity index (χ4n) is 5.18. The minimum absolute atomic E-state index is 0. The normalized spacial score (nSPS) is 14.4. The highest BCUT2D eigenvalue weighted by molar-refractivity contribution is 6.62. The third-order valence-electron chi connectivity index (χ3n) is 7.86. The maximum Gasteiger partial charge on any atom is 0.315 e. The number of carbonyl (C=O) groups is 4. The summed E-state index contributed by atoms with van der Waals surface area (Å²) in [6, 6.07) is 11.6. The predicted octanol–water partition coefficient (Wildman–Crippen LogP) is 6.79. The van der Waals surface area contributed by atoms with Crippen molar-refractivity contribution in [3.05, 3.63) is 117 Å². The second-order valence-corrected chi connectivity index (χ2v) is 11.9. The first-order valence-electron chi connectivity index (χ1n) is 15.8. The van der Waals surface area contributed by atoms with Gasteiger partial charge in [0, 0.05) is 25.5 Å². The van der Waals surface area contributed by atoms with E-state index in [0.29, 0.717) is 22.5 Å². The topological polar surface area (TPSA) is 173 Å². The molecular formula is C36H36Cl2F4N6O6. The number of halogens is 6. The van der Waals surface area contributed by atoms with Crippen molar-refractivity contribution in [1.29, 1.82) is 0 Å². The largest absolute Gasteiger partial charge is 0.490 e. The molecule has 4 aromatic rings. The lowest BCUT2D eigenvalue weighted by Gasteiger charge is -2.13. The van der Waals surface area contributed by atoms with Gasteiger partial charge in [-0.25, -0.2) is 22.4 Å². The molecule has 6 rings (SSSR count). The molecule has 288 valence electrons. The van der Waals surface area contributed by atoms with E-state index in [-0.39, 0.29) is 71.0 Å². The quantitative estimate of drug-likeness (QED) is 0.0733. The second-order valence-electron chi connectivity index (χ2n) is 11.5. The minimum Gasteiger partial charge on any atom is -0.490 e. The Kier molecular flexibility index (Phi) is 15.0. The van der Waals surface area contributed by atoms with Gasteiger partial charge in [0.25, 0.3) is 11.8 Å². The number of aryl methyl sites for hydroxylation is 2. The fraction of sp³-hybridized carbons (Fsp3) is 0.222. The number of benzene rings is 4.